The van der Waals surface area contributed by atoms with E-state index in [1.165, 1.54) is 11.1 Å². The molecule has 0 bridgehead atoms. The minimum atomic E-state index is 0.576. The van der Waals surface area contributed by atoms with Gasteiger partial charge in [0.05, 0.1) is 13.2 Å². The normalized spacial score (nSPS) is 13.5. The summed E-state index contributed by atoms with van der Waals surface area (Å²) in [4.78, 5) is 8.38. The highest BCUT2D eigenvalue weighted by molar-refractivity contribution is 5.63. The van der Waals surface area contributed by atoms with Gasteiger partial charge in [-0.15, -0.1) is 5.10 Å². The van der Waals surface area contributed by atoms with Gasteiger partial charge in [0.1, 0.15) is 5.75 Å². The maximum atomic E-state index is 5.50. The van der Waals surface area contributed by atoms with Crippen LogP contribution in [0.5, 0.6) is 5.75 Å². The summed E-state index contributed by atoms with van der Waals surface area (Å²) in [7, 11) is 0. The summed E-state index contributed by atoms with van der Waals surface area (Å²) in [5.41, 5.74) is 3.71. The molecule has 0 N–H and O–H groups in total. The highest BCUT2D eigenvalue weighted by Crippen LogP contribution is 2.26. The molecule has 0 saturated heterocycles. The van der Waals surface area contributed by atoms with E-state index in [1.54, 1.807) is 17.1 Å². The third-order valence-electron chi connectivity index (χ3n) is 3.24. The Labute approximate surface area is 109 Å². The van der Waals surface area contributed by atoms with Gasteiger partial charge in [-0.1, -0.05) is 17.3 Å². The number of benzene rings is 1. The molecule has 4 rings (SSSR count). The van der Waals surface area contributed by atoms with Crippen LogP contribution in [0.4, 0.5) is 0 Å². The van der Waals surface area contributed by atoms with Crippen LogP contribution in [0.15, 0.2) is 30.6 Å². The van der Waals surface area contributed by atoms with Crippen LogP contribution in [0.2, 0.25) is 0 Å². The molecule has 0 radical (unpaired) electrons. The Hall–Kier alpha value is -2.50. The fraction of sp³-hybridized carbons (Fsp3) is 0.231. The van der Waals surface area contributed by atoms with Crippen molar-refractivity contribution in [2.24, 2.45) is 0 Å². The average Bonchev–Trinajstić information content (AvgIpc) is 3.06. The number of rotatable bonds is 2. The molecular formula is C13H11N5O. The Balaban J connectivity index is 1.71. The maximum absolute atomic E-state index is 5.50. The molecule has 0 fully saturated rings. The minimum Gasteiger partial charge on any atom is -0.493 e. The van der Waals surface area contributed by atoms with Gasteiger partial charge in [-0.05, 0) is 17.2 Å². The van der Waals surface area contributed by atoms with E-state index in [0.29, 0.717) is 17.8 Å². The van der Waals surface area contributed by atoms with Crippen molar-refractivity contribution in [3.8, 4) is 5.75 Å². The van der Waals surface area contributed by atoms with E-state index >= 15 is 0 Å². The molecule has 6 nitrogen and oxygen atoms in total. The van der Waals surface area contributed by atoms with Gasteiger partial charge >= 0.3 is 0 Å². The van der Waals surface area contributed by atoms with E-state index in [4.69, 9.17) is 4.74 Å². The van der Waals surface area contributed by atoms with Crippen LogP contribution in [-0.2, 0) is 13.0 Å². The van der Waals surface area contributed by atoms with E-state index < -0.39 is 0 Å². The fourth-order valence-electron chi connectivity index (χ4n) is 2.33. The van der Waals surface area contributed by atoms with Crippen LogP contribution in [0.3, 0.4) is 0 Å². The summed E-state index contributed by atoms with van der Waals surface area (Å²) >= 11 is 0. The predicted octanol–water partition coefficient (Wildman–Crippen LogP) is 1.20. The van der Waals surface area contributed by atoms with Crippen LogP contribution >= 0.6 is 0 Å². The lowest BCUT2D eigenvalue weighted by atomic mass is 10.1. The second-order valence-electron chi connectivity index (χ2n) is 4.49. The Morgan fingerprint density at radius 3 is 3.16 bits per heavy atom. The maximum Gasteiger partial charge on any atom is 0.221 e. The van der Waals surface area contributed by atoms with Crippen molar-refractivity contribution in [1.29, 1.82) is 0 Å². The molecule has 19 heavy (non-hydrogen) atoms. The number of hydrogen-bond donors (Lipinski definition) is 0. The minimum absolute atomic E-state index is 0.576. The van der Waals surface area contributed by atoms with Crippen molar-refractivity contribution < 1.29 is 4.74 Å². The molecule has 0 amide bonds. The second-order valence-corrected chi connectivity index (χ2v) is 4.49. The summed E-state index contributed by atoms with van der Waals surface area (Å²) < 4.78 is 7.27. The van der Waals surface area contributed by atoms with Crippen molar-refractivity contribution in [3.05, 3.63) is 41.7 Å². The number of fused-ring (bicyclic) bond motifs is 2. The molecule has 0 saturated carbocycles. The lowest BCUT2D eigenvalue weighted by Crippen LogP contribution is -2.03. The molecule has 3 aromatic rings. The zero-order valence-electron chi connectivity index (χ0n) is 10.2. The van der Waals surface area contributed by atoms with Gasteiger partial charge < -0.3 is 4.74 Å². The van der Waals surface area contributed by atoms with Gasteiger partial charge in [0.25, 0.3) is 0 Å². The van der Waals surface area contributed by atoms with Crippen molar-refractivity contribution in [2.75, 3.05) is 6.61 Å². The Morgan fingerprint density at radius 2 is 2.16 bits per heavy atom. The zero-order valence-corrected chi connectivity index (χ0v) is 10.2. The van der Waals surface area contributed by atoms with Crippen molar-refractivity contribution in [3.63, 3.8) is 0 Å². The van der Waals surface area contributed by atoms with Crippen LogP contribution in [-0.4, -0.2) is 31.6 Å². The first-order valence-electron chi connectivity index (χ1n) is 6.15. The molecule has 0 spiro atoms. The van der Waals surface area contributed by atoms with Crippen molar-refractivity contribution in [1.82, 2.24) is 25.0 Å². The summed E-state index contributed by atoms with van der Waals surface area (Å²) in [5.74, 6) is 0.993. The van der Waals surface area contributed by atoms with Gasteiger partial charge in [0.15, 0.2) is 5.65 Å². The zero-order chi connectivity index (χ0) is 12.7. The molecule has 94 valence electrons. The highest BCUT2D eigenvalue weighted by Gasteiger charge is 2.13. The second kappa shape index (κ2) is 4.01. The topological polar surface area (TPSA) is 65.7 Å². The molecular weight excluding hydrogens is 242 g/mol. The lowest BCUT2D eigenvalue weighted by molar-refractivity contribution is 0.357. The first-order chi connectivity index (χ1) is 9.40. The number of aromatic nitrogens is 5. The largest absolute Gasteiger partial charge is 0.493 e. The molecule has 1 aromatic carbocycles. The summed E-state index contributed by atoms with van der Waals surface area (Å²) in [5, 5.41) is 8.10. The third-order valence-corrected chi connectivity index (χ3v) is 3.24. The van der Waals surface area contributed by atoms with E-state index in [0.717, 1.165) is 18.8 Å². The molecule has 0 unspecified atom stereocenters. The molecule has 2 aromatic heterocycles. The Kier molecular flexibility index (Phi) is 2.20. The van der Waals surface area contributed by atoms with Crippen molar-refractivity contribution >= 4 is 11.3 Å². The lowest BCUT2D eigenvalue weighted by Gasteiger charge is -2.04. The predicted molar refractivity (Wildman–Crippen MR) is 67.9 cm³/mol. The SMILES string of the molecule is c1cnc2c(n1)nnn2Cc1ccc2c(c1)CCO2. The summed E-state index contributed by atoms with van der Waals surface area (Å²) in [6, 6.07) is 6.22. The summed E-state index contributed by atoms with van der Waals surface area (Å²) in [6.45, 7) is 1.42. The first-order valence-corrected chi connectivity index (χ1v) is 6.15. The van der Waals surface area contributed by atoms with Gasteiger partial charge in [-0.25, -0.2) is 14.6 Å². The number of hydrogen-bond acceptors (Lipinski definition) is 5. The van der Waals surface area contributed by atoms with Crippen molar-refractivity contribution in [2.45, 2.75) is 13.0 Å². The quantitative estimate of drug-likeness (QED) is 0.686. The Morgan fingerprint density at radius 1 is 1.21 bits per heavy atom. The molecule has 1 aliphatic heterocycles. The Bertz CT molecular complexity index is 752. The third kappa shape index (κ3) is 1.72. The van der Waals surface area contributed by atoms with Crippen LogP contribution in [0, 0.1) is 0 Å². The number of nitrogens with zero attached hydrogens (tertiary/aromatic N) is 5. The highest BCUT2D eigenvalue weighted by atomic mass is 16.5. The molecule has 0 aliphatic carbocycles. The molecule has 1 aliphatic rings. The molecule has 6 heteroatoms. The van der Waals surface area contributed by atoms with E-state index in [-0.39, 0.29) is 0 Å². The van der Waals surface area contributed by atoms with Crippen LogP contribution in [0.25, 0.3) is 11.3 Å². The van der Waals surface area contributed by atoms with E-state index in [1.807, 2.05) is 12.1 Å². The van der Waals surface area contributed by atoms with Crippen LogP contribution < -0.4 is 4.74 Å². The average molecular weight is 253 g/mol. The molecule has 0 atom stereocenters. The fourth-order valence-corrected chi connectivity index (χ4v) is 2.33. The van der Waals surface area contributed by atoms with Gasteiger partial charge in [0, 0.05) is 18.8 Å². The summed E-state index contributed by atoms with van der Waals surface area (Å²) in [6.07, 6.45) is 4.24. The monoisotopic (exact) mass is 253 g/mol. The number of ether oxygens (including phenoxy) is 1. The van der Waals surface area contributed by atoms with Crippen LogP contribution in [0.1, 0.15) is 11.1 Å². The van der Waals surface area contributed by atoms with E-state index in [9.17, 15) is 0 Å². The van der Waals surface area contributed by atoms with E-state index in [2.05, 4.69) is 26.3 Å². The van der Waals surface area contributed by atoms with Gasteiger partial charge in [-0.2, -0.15) is 0 Å². The molecule has 3 heterocycles. The smallest absolute Gasteiger partial charge is 0.221 e. The van der Waals surface area contributed by atoms with Gasteiger partial charge in [-0.3, -0.25) is 0 Å². The van der Waals surface area contributed by atoms with Gasteiger partial charge in [0.2, 0.25) is 5.65 Å². The first kappa shape index (κ1) is 10.4. The standard InChI is InChI=1S/C13H11N5O/c1-2-11-10(3-6-19-11)7-9(1)8-18-13-12(16-17-18)14-4-5-15-13/h1-2,4-5,7H,3,6,8H2.